The van der Waals surface area contributed by atoms with Crippen molar-refractivity contribution < 1.29 is 22.7 Å². The molecule has 0 spiro atoms. The Labute approximate surface area is 153 Å². The van der Waals surface area contributed by atoms with Crippen LogP contribution in [0.2, 0.25) is 0 Å². The first kappa shape index (κ1) is 18.6. The Morgan fingerprint density at radius 3 is 2.77 bits per heavy atom. The van der Waals surface area contributed by atoms with Crippen molar-refractivity contribution in [2.24, 2.45) is 0 Å². The molecule has 0 fully saturated rings. The van der Waals surface area contributed by atoms with Gasteiger partial charge in [-0.15, -0.1) is 11.8 Å². The van der Waals surface area contributed by atoms with Crippen LogP contribution in [0.5, 0.6) is 5.88 Å². The minimum atomic E-state index is -4.43. The van der Waals surface area contributed by atoms with Gasteiger partial charge in [0.1, 0.15) is 0 Å². The quantitative estimate of drug-likeness (QED) is 0.781. The number of anilines is 1. The van der Waals surface area contributed by atoms with Crippen LogP contribution in [0.3, 0.4) is 0 Å². The van der Waals surface area contributed by atoms with Crippen molar-refractivity contribution >= 4 is 23.4 Å². The van der Waals surface area contributed by atoms with Gasteiger partial charge in [0.25, 0.3) is 5.91 Å². The van der Waals surface area contributed by atoms with Crippen LogP contribution in [-0.2, 0) is 0 Å². The van der Waals surface area contributed by atoms with Crippen molar-refractivity contribution in [2.75, 3.05) is 18.1 Å². The third kappa shape index (κ3) is 4.49. The van der Waals surface area contributed by atoms with Gasteiger partial charge in [-0.1, -0.05) is 19.1 Å². The van der Waals surface area contributed by atoms with Crippen LogP contribution in [0.15, 0.2) is 47.5 Å². The van der Waals surface area contributed by atoms with Gasteiger partial charge in [-0.3, -0.25) is 4.79 Å². The fraction of sp³-hybridized carbons (Fsp3) is 0.333. The van der Waals surface area contributed by atoms with Crippen LogP contribution >= 0.6 is 11.8 Å². The number of carbonyl (C=O) groups is 1. The zero-order valence-electron chi connectivity index (χ0n) is 14.0. The highest BCUT2D eigenvalue weighted by Gasteiger charge is 2.29. The Morgan fingerprint density at radius 1 is 1.31 bits per heavy atom. The van der Waals surface area contributed by atoms with Crippen molar-refractivity contribution in [1.29, 1.82) is 0 Å². The number of halogens is 3. The van der Waals surface area contributed by atoms with Gasteiger partial charge >= 0.3 is 6.18 Å². The van der Waals surface area contributed by atoms with E-state index in [0.29, 0.717) is 17.4 Å². The van der Waals surface area contributed by atoms with E-state index >= 15 is 0 Å². The lowest BCUT2D eigenvalue weighted by Crippen LogP contribution is -2.32. The first-order chi connectivity index (χ1) is 12.3. The molecule has 1 atom stereocenters. The predicted octanol–water partition coefficient (Wildman–Crippen LogP) is 4.55. The monoisotopic (exact) mass is 382 g/mol. The molecule has 8 heteroatoms. The van der Waals surface area contributed by atoms with E-state index in [9.17, 15) is 18.0 Å². The largest absolute Gasteiger partial charge is 0.468 e. The molecule has 0 saturated heterocycles. The second-order valence-corrected chi connectivity index (χ2v) is 7.41. The summed E-state index contributed by atoms with van der Waals surface area (Å²) in [7, 11) is 0. The molecule has 1 amide bonds. The van der Waals surface area contributed by atoms with Gasteiger partial charge in [-0.05, 0) is 24.6 Å². The van der Waals surface area contributed by atoms with Gasteiger partial charge in [0.05, 0.1) is 11.3 Å². The maximum Gasteiger partial charge on any atom is 0.422 e. The van der Waals surface area contributed by atoms with Crippen LogP contribution in [0, 0.1) is 0 Å². The summed E-state index contributed by atoms with van der Waals surface area (Å²) in [6.45, 7) is 1.27. The molecule has 1 aliphatic rings. The van der Waals surface area contributed by atoms with E-state index in [0.717, 1.165) is 17.0 Å². The zero-order valence-corrected chi connectivity index (χ0v) is 14.8. The second-order valence-electron chi connectivity index (χ2n) is 5.93. The topological polar surface area (TPSA) is 42.4 Å². The molecule has 1 aliphatic heterocycles. The minimum Gasteiger partial charge on any atom is -0.468 e. The van der Waals surface area contributed by atoms with Crippen molar-refractivity contribution in [3.05, 3.63) is 48.2 Å². The predicted molar refractivity (Wildman–Crippen MR) is 93.8 cm³/mol. The molecule has 0 bridgehead atoms. The Hall–Kier alpha value is -2.22. The molecule has 138 valence electrons. The van der Waals surface area contributed by atoms with E-state index in [1.54, 1.807) is 16.7 Å². The van der Waals surface area contributed by atoms with Crippen molar-refractivity contribution in [3.63, 3.8) is 0 Å². The summed E-state index contributed by atoms with van der Waals surface area (Å²) in [6.07, 6.45) is -2.34. The summed E-state index contributed by atoms with van der Waals surface area (Å²) >= 11 is 1.72. The van der Waals surface area contributed by atoms with E-state index in [4.69, 9.17) is 0 Å². The van der Waals surface area contributed by atoms with Gasteiger partial charge in [0, 0.05) is 29.0 Å². The molecule has 2 aromatic rings. The number of carbonyl (C=O) groups excluding carboxylic acids is 1. The number of benzene rings is 1. The Kier molecular flexibility index (Phi) is 5.41. The van der Waals surface area contributed by atoms with Gasteiger partial charge in [-0.25, -0.2) is 4.98 Å². The third-order valence-corrected chi connectivity index (χ3v) is 5.09. The van der Waals surface area contributed by atoms with Crippen molar-refractivity contribution in [3.8, 4) is 5.88 Å². The summed E-state index contributed by atoms with van der Waals surface area (Å²) < 4.78 is 41.1. The average molecular weight is 382 g/mol. The molecular weight excluding hydrogens is 365 g/mol. The van der Waals surface area contributed by atoms with Gasteiger partial charge < -0.3 is 9.64 Å². The second kappa shape index (κ2) is 7.57. The number of hydrogen-bond acceptors (Lipinski definition) is 4. The summed E-state index contributed by atoms with van der Waals surface area (Å²) in [5.74, 6) is -0.402. The SMILES string of the molecule is C[C@H]1CCN(C(=O)c2ccc(OCC(F)(F)F)nc2)c2ccccc2S1. The summed E-state index contributed by atoms with van der Waals surface area (Å²) in [4.78, 5) is 19.4. The van der Waals surface area contributed by atoms with Gasteiger partial charge in [0.2, 0.25) is 5.88 Å². The van der Waals surface area contributed by atoms with E-state index in [2.05, 4.69) is 16.6 Å². The molecule has 0 aliphatic carbocycles. The number of hydrogen-bond donors (Lipinski definition) is 0. The Balaban J connectivity index is 1.79. The van der Waals surface area contributed by atoms with E-state index in [1.807, 2.05) is 24.3 Å². The molecule has 1 aromatic heterocycles. The number of ether oxygens (including phenoxy) is 1. The molecule has 0 N–H and O–H groups in total. The molecule has 4 nitrogen and oxygen atoms in total. The average Bonchev–Trinajstić information content (AvgIpc) is 2.77. The number of alkyl halides is 3. The van der Waals surface area contributed by atoms with E-state index in [1.165, 1.54) is 18.3 Å². The number of rotatable bonds is 3. The van der Waals surface area contributed by atoms with Gasteiger partial charge in [0.15, 0.2) is 6.61 Å². The van der Waals surface area contributed by atoms with Crippen LogP contribution in [0.1, 0.15) is 23.7 Å². The number of pyridine rings is 1. The number of para-hydroxylation sites is 1. The first-order valence-corrected chi connectivity index (χ1v) is 8.94. The van der Waals surface area contributed by atoms with E-state index in [-0.39, 0.29) is 11.8 Å². The number of nitrogens with zero attached hydrogens (tertiary/aromatic N) is 2. The molecule has 0 radical (unpaired) electrons. The van der Waals surface area contributed by atoms with Crippen LogP contribution in [0.25, 0.3) is 0 Å². The summed E-state index contributed by atoms with van der Waals surface area (Å²) in [5.41, 5.74) is 1.14. The Bertz CT molecular complexity index is 781. The van der Waals surface area contributed by atoms with Crippen molar-refractivity contribution in [1.82, 2.24) is 4.98 Å². The van der Waals surface area contributed by atoms with Gasteiger partial charge in [-0.2, -0.15) is 13.2 Å². The molecule has 2 heterocycles. The standard InChI is InChI=1S/C18H17F3N2O2S/c1-12-8-9-23(14-4-2-3-5-15(14)26-12)17(24)13-6-7-16(22-10-13)25-11-18(19,20)21/h2-7,10,12H,8-9,11H2,1H3/t12-/m0/s1. The minimum absolute atomic E-state index is 0.167. The van der Waals surface area contributed by atoms with Crippen LogP contribution in [-0.4, -0.2) is 35.5 Å². The molecule has 26 heavy (non-hydrogen) atoms. The fourth-order valence-corrected chi connectivity index (χ4v) is 3.71. The molecule has 3 rings (SSSR count). The van der Waals surface area contributed by atoms with Crippen LogP contribution < -0.4 is 9.64 Å². The number of fused-ring (bicyclic) bond motifs is 1. The van der Waals surface area contributed by atoms with Crippen molar-refractivity contribution in [2.45, 2.75) is 29.7 Å². The number of amides is 1. The summed E-state index contributed by atoms with van der Waals surface area (Å²) in [5, 5.41) is 0.380. The molecule has 0 unspecified atom stereocenters. The maximum atomic E-state index is 12.9. The summed E-state index contributed by atoms with van der Waals surface area (Å²) in [6, 6.07) is 10.4. The number of thioether (sulfide) groups is 1. The van der Waals surface area contributed by atoms with Crippen LogP contribution in [0.4, 0.5) is 18.9 Å². The highest BCUT2D eigenvalue weighted by atomic mass is 32.2. The highest BCUT2D eigenvalue weighted by Crippen LogP contribution is 2.37. The lowest BCUT2D eigenvalue weighted by atomic mass is 10.2. The lowest BCUT2D eigenvalue weighted by Gasteiger charge is -2.22. The highest BCUT2D eigenvalue weighted by molar-refractivity contribution is 8.00. The third-order valence-electron chi connectivity index (χ3n) is 3.86. The number of aromatic nitrogens is 1. The lowest BCUT2D eigenvalue weighted by molar-refractivity contribution is -0.154. The Morgan fingerprint density at radius 2 is 2.08 bits per heavy atom. The first-order valence-electron chi connectivity index (χ1n) is 8.06. The molecule has 0 saturated carbocycles. The molecular formula is C18H17F3N2O2S. The fourth-order valence-electron chi connectivity index (χ4n) is 2.60. The van der Waals surface area contributed by atoms with E-state index < -0.39 is 12.8 Å². The maximum absolute atomic E-state index is 12.9. The normalized spacial score (nSPS) is 17.4. The zero-order chi connectivity index (χ0) is 18.7. The smallest absolute Gasteiger partial charge is 0.422 e. The molecule has 1 aromatic carbocycles.